The lowest BCUT2D eigenvalue weighted by Crippen LogP contribution is -2.28. The molecule has 0 saturated heterocycles. The van der Waals surface area contributed by atoms with Gasteiger partial charge in [-0.1, -0.05) is 0 Å². The molecule has 0 aliphatic heterocycles. The first-order chi connectivity index (χ1) is 12.4. The van der Waals surface area contributed by atoms with Crippen LogP contribution in [0, 0.1) is 3.70 Å². The molecule has 10 nitrogen and oxygen atoms in total. The predicted octanol–water partition coefficient (Wildman–Crippen LogP) is 2.61. The molecule has 1 aromatic heterocycles. The third-order valence-electron chi connectivity index (χ3n) is 3.33. The highest BCUT2D eigenvalue weighted by Crippen LogP contribution is 2.31. The summed E-state index contributed by atoms with van der Waals surface area (Å²) in [5.41, 5.74) is -2.86. The quantitative estimate of drug-likeness (QED) is 0.490. The molecule has 0 atom stereocenters. The second-order valence-corrected chi connectivity index (χ2v) is 7.37. The number of aromatic nitrogens is 2. The highest BCUT2D eigenvalue weighted by Gasteiger charge is 2.32. The highest BCUT2D eigenvalue weighted by atomic mass is 127. The molecule has 1 aromatic carbocycles. The molecule has 0 aliphatic carbocycles. The number of methoxy groups -OCH3 is 1. The van der Waals surface area contributed by atoms with E-state index in [2.05, 4.69) is 9.84 Å². The van der Waals surface area contributed by atoms with Crippen LogP contribution in [0.1, 0.15) is 51.8 Å². The Bertz CT molecular complexity index is 987. The van der Waals surface area contributed by atoms with Crippen LogP contribution in [-0.4, -0.2) is 56.7 Å². The number of fused-ring (bicyclic) bond motifs is 1. The van der Waals surface area contributed by atoms with Crippen LogP contribution in [-0.2, 0) is 9.47 Å². The van der Waals surface area contributed by atoms with Crippen LogP contribution in [0.25, 0.3) is 10.9 Å². The molecule has 0 saturated carbocycles. The number of hydrogen-bond donors (Lipinski definition) is 2. The molecule has 2 aromatic rings. The van der Waals surface area contributed by atoms with Crippen LogP contribution in [0.5, 0.6) is 0 Å². The van der Waals surface area contributed by atoms with Crippen molar-refractivity contribution in [1.29, 1.82) is 0 Å². The molecule has 0 spiro atoms. The number of rotatable bonds is 3. The maximum Gasteiger partial charge on any atom is 0.435 e. The second-order valence-electron chi connectivity index (χ2n) is 6.35. The van der Waals surface area contributed by atoms with E-state index in [1.54, 1.807) is 43.4 Å². The molecule has 27 heavy (non-hydrogen) atoms. The predicted molar refractivity (Wildman–Crippen MR) is 99.3 cm³/mol. The van der Waals surface area contributed by atoms with Gasteiger partial charge in [-0.25, -0.2) is 19.2 Å². The van der Waals surface area contributed by atoms with E-state index in [-0.39, 0.29) is 14.6 Å². The van der Waals surface area contributed by atoms with Crippen molar-refractivity contribution in [2.45, 2.75) is 26.4 Å². The lowest BCUT2D eigenvalue weighted by Gasteiger charge is -2.19. The Morgan fingerprint density at radius 2 is 1.70 bits per heavy atom. The third kappa shape index (κ3) is 3.86. The minimum atomic E-state index is -1.56. The Morgan fingerprint density at radius 1 is 1.11 bits per heavy atom. The van der Waals surface area contributed by atoms with Gasteiger partial charge in [-0.2, -0.15) is 9.78 Å². The van der Waals surface area contributed by atoms with Gasteiger partial charge in [-0.05, 0) is 49.4 Å². The number of ether oxygens (including phenoxy) is 2. The van der Waals surface area contributed by atoms with E-state index in [0.29, 0.717) is 0 Å². The topological polar surface area (TPSA) is 145 Å². The monoisotopic (exact) mass is 490 g/mol. The van der Waals surface area contributed by atoms with Gasteiger partial charge >= 0.3 is 24.0 Å². The standard InChI is InChI=1S/C16H15IN2O8/c1-16(2,3)27-15(25)19-7-5-6(12(20)21)8(14(24)26-4)10(13(22)23)9(7)11(17)18-19/h5H,1-4H3,(H,20,21)(H,22,23). The molecule has 2 rings (SSSR count). The Labute approximate surface area is 166 Å². The van der Waals surface area contributed by atoms with Crippen molar-refractivity contribution in [3.8, 4) is 0 Å². The van der Waals surface area contributed by atoms with E-state index >= 15 is 0 Å². The summed E-state index contributed by atoms with van der Waals surface area (Å²) in [6.45, 7) is 4.88. The minimum Gasteiger partial charge on any atom is -0.478 e. The van der Waals surface area contributed by atoms with Crippen LogP contribution in [0.15, 0.2) is 6.07 Å². The van der Waals surface area contributed by atoms with Crippen LogP contribution < -0.4 is 0 Å². The normalized spacial score (nSPS) is 11.3. The molecule has 2 N–H and O–H groups in total. The number of aromatic carboxylic acids is 2. The average Bonchev–Trinajstić information content (AvgIpc) is 2.87. The second kappa shape index (κ2) is 7.13. The summed E-state index contributed by atoms with van der Waals surface area (Å²) in [4.78, 5) is 48.0. The molecule has 0 bridgehead atoms. The number of halogens is 1. The van der Waals surface area contributed by atoms with Crippen LogP contribution in [0.2, 0.25) is 0 Å². The van der Waals surface area contributed by atoms with Crippen molar-refractivity contribution in [2.24, 2.45) is 0 Å². The van der Waals surface area contributed by atoms with E-state index in [1.807, 2.05) is 0 Å². The summed E-state index contributed by atoms with van der Waals surface area (Å²) >= 11 is 1.69. The lowest BCUT2D eigenvalue weighted by molar-refractivity contribution is 0.0520. The first kappa shape index (κ1) is 20.6. The fraction of sp³-hybridized carbons (Fsp3) is 0.312. The summed E-state index contributed by atoms with van der Waals surface area (Å²) < 4.78 is 10.6. The van der Waals surface area contributed by atoms with E-state index in [4.69, 9.17) is 4.74 Å². The van der Waals surface area contributed by atoms with E-state index in [1.165, 1.54) is 0 Å². The molecular weight excluding hydrogens is 475 g/mol. The van der Waals surface area contributed by atoms with Gasteiger partial charge in [0.05, 0.1) is 29.3 Å². The fourth-order valence-electron chi connectivity index (χ4n) is 2.38. The Hall–Kier alpha value is -2.70. The summed E-state index contributed by atoms with van der Waals surface area (Å²) in [7, 11) is 0.999. The molecular formula is C16H15IN2O8. The number of benzene rings is 1. The zero-order valence-electron chi connectivity index (χ0n) is 14.7. The summed E-state index contributed by atoms with van der Waals surface area (Å²) in [6, 6.07) is 0.995. The van der Waals surface area contributed by atoms with Gasteiger partial charge < -0.3 is 19.7 Å². The van der Waals surface area contributed by atoms with Crippen molar-refractivity contribution in [3.05, 3.63) is 26.5 Å². The molecule has 11 heteroatoms. The van der Waals surface area contributed by atoms with Crippen LogP contribution in [0.3, 0.4) is 0 Å². The van der Waals surface area contributed by atoms with Crippen molar-refractivity contribution in [2.75, 3.05) is 7.11 Å². The van der Waals surface area contributed by atoms with Gasteiger partial charge in [-0.3, -0.25) is 0 Å². The minimum absolute atomic E-state index is 0.0700. The summed E-state index contributed by atoms with van der Waals surface area (Å²) in [6.07, 6.45) is -0.922. The Morgan fingerprint density at radius 3 is 2.15 bits per heavy atom. The highest BCUT2D eigenvalue weighted by molar-refractivity contribution is 14.1. The van der Waals surface area contributed by atoms with Crippen molar-refractivity contribution in [3.63, 3.8) is 0 Å². The lowest BCUT2D eigenvalue weighted by atomic mass is 9.97. The molecule has 0 unspecified atom stereocenters. The molecule has 0 fully saturated rings. The van der Waals surface area contributed by atoms with Crippen molar-refractivity contribution in [1.82, 2.24) is 9.78 Å². The fourth-order valence-corrected chi connectivity index (χ4v) is 3.14. The summed E-state index contributed by atoms with van der Waals surface area (Å²) in [5.74, 6) is -4.26. The maximum absolute atomic E-state index is 12.4. The Kier molecular flexibility index (Phi) is 5.45. The number of carboxylic acids is 2. The van der Waals surface area contributed by atoms with Crippen LogP contribution >= 0.6 is 22.6 Å². The smallest absolute Gasteiger partial charge is 0.435 e. The molecule has 0 aliphatic rings. The molecule has 1 heterocycles. The average molecular weight is 490 g/mol. The molecule has 0 amide bonds. The molecule has 144 valence electrons. The zero-order valence-corrected chi connectivity index (χ0v) is 16.9. The van der Waals surface area contributed by atoms with Crippen molar-refractivity contribution >= 4 is 57.5 Å². The SMILES string of the molecule is COC(=O)c1c(C(=O)O)cc2c(c(I)nn2C(=O)OC(C)(C)C)c1C(=O)O. The van der Waals surface area contributed by atoms with Gasteiger partial charge in [0.1, 0.15) is 9.30 Å². The van der Waals surface area contributed by atoms with E-state index in [0.717, 1.165) is 17.9 Å². The van der Waals surface area contributed by atoms with Gasteiger partial charge in [0.15, 0.2) is 0 Å². The first-order valence-corrected chi connectivity index (χ1v) is 8.50. The number of hydrogen-bond acceptors (Lipinski definition) is 7. The largest absolute Gasteiger partial charge is 0.478 e. The third-order valence-corrected chi connectivity index (χ3v) is 4.08. The zero-order chi connectivity index (χ0) is 20.7. The number of nitrogens with zero attached hydrogens (tertiary/aromatic N) is 2. The van der Waals surface area contributed by atoms with Crippen LogP contribution in [0.4, 0.5) is 4.79 Å². The van der Waals surface area contributed by atoms with Crippen molar-refractivity contribution < 1.29 is 38.9 Å². The van der Waals surface area contributed by atoms with Gasteiger partial charge in [0.25, 0.3) is 0 Å². The Balaban J connectivity index is 2.96. The van der Waals surface area contributed by atoms with Gasteiger partial charge in [0, 0.05) is 5.39 Å². The van der Waals surface area contributed by atoms with Gasteiger partial charge in [0.2, 0.25) is 0 Å². The molecule has 0 radical (unpaired) electrons. The first-order valence-electron chi connectivity index (χ1n) is 7.42. The number of esters is 1. The van der Waals surface area contributed by atoms with E-state index in [9.17, 15) is 29.4 Å². The number of carbonyl (C=O) groups is 4. The number of carbonyl (C=O) groups excluding carboxylic acids is 2. The van der Waals surface area contributed by atoms with E-state index < -0.39 is 46.3 Å². The summed E-state index contributed by atoms with van der Waals surface area (Å²) in [5, 5.41) is 23.0. The van der Waals surface area contributed by atoms with Gasteiger partial charge in [-0.15, -0.1) is 0 Å². The number of carboxylic acid groups (broad SMARTS) is 2. The maximum atomic E-state index is 12.4.